The van der Waals surface area contributed by atoms with Gasteiger partial charge in [-0.3, -0.25) is 9.59 Å². The van der Waals surface area contributed by atoms with Crippen LogP contribution in [0.3, 0.4) is 0 Å². The van der Waals surface area contributed by atoms with E-state index >= 15 is 0 Å². The highest BCUT2D eigenvalue weighted by molar-refractivity contribution is 5.84. The van der Waals surface area contributed by atoms with Crippen LogP contribution in [-0.2, 0) is 14.3 Å². The molecular weight excluding hydrogens is 432 g/mol. The van der Waals surface area contributed by atoms with Crippen molar-refractivity contribution in [2.24, 2.45) is 17.3 Å². The summed E-state index contributed by atoms with van der Waals surface area (Å²) in [5.74, 6) is -0.548. The van der Waals surface area contributed by atoms with E-state index in [-0.39, 0.29) is 49.3 Å². The number of carboxylic acids is 1. The minimum Gasteiger partial charge on any atom is -0.481 e. The Morgan fingerprint density at radius 3 is 2.29 bits per heavy atom. The maximum Gasteiger partial charge on any atom is 0.407 e. The van der Waals surface area contributed by atoms with Crippen LogP contribution in [0.5, 0.6) is 0 Å². The number of benzene rings is 2. The number of hydrogen-bond acceptors (Lipinski definition) is 4. The van der Waals surface area contributed by atoms with Crippen LogP contribution in [0, 0.1) is 17.3 Å². The quantitative estimate of drug-likeness (QED) is 0.658. The zero-order valence-corrected chi connectivity index (χ0v) is 18.9. The molecule has 34 heavy (non-hydrogen) atoms. The molecule has 1 saturated heterocycles. The number of likely N-dealkylation sites (tertiary alicyclic amines) is 1. The van der Waals surface area contributed by atoms with E-state index in [0.29, 0.717) is 13.0 Å². The van der Waals surface area contributed by atoms with Crippen LogP contribution in [0.15, 0.2) is 48.5 Å². The molecule has 0 aromatic heterocycles. The topological polar surface area (TPSA) is 95.9 Å². The normalized spacial score (nSPS) is 25.2. The predicted octanol–water partition coefficient (Wildman–Crippen LogP) is 3.63. The zero-order chi connectivity index (χ0) is 23.4. The van der Waals surface area contributed by atoms with Crippen molar-refractivity contribution in [2.75, 3.05) is 19.7 Å². The van der Waals surface area contributed by atoms with Gasteiger partial charge in [0.25, 0.3) is 0 Å². The van der Waals surface area contributed by atoms with Crippen molar-refractivity contribution < 1.29 is 24.2 Å². The van der Waals surface area contributed by atoms with Crippen molar-refractivity contribution >= 4 is 18.0 Å². The number of rotatable bonds is 7. The fraction of sp³-hybridized carbons (Fsp3) is 0.444. The summed E-state index contributed by atoms with van der Waals surface area (Å²) in [5, 5.41) is 12.4. The monoisotopic (exact) mass is 460 g/mol. The second kappa shape index (κ2) is 7.86. The van der Waals surface area contributed by atoms with Crippen LogP contribution >= 0.6 is 0 Å². The minimum absolute atomic E-state index is 0.0114. The van der Waals surface area contributed by atoms with Crippen molar-refractivity contribution in [1.82, 2.24) is 10.2 Å². The lowest BCUT2D eigenvalue weighted by Crippen LogP contribution is -2.43. The average Bonchev–Trinajstić information content (AvgIpc) is 3.75. The van der Waals surface area contributed by atoms with Gasteiger partial charge in [-0.15, -0.1) is 0 Å². The molecular formula is C27H28N2O5. The molecule has 2 amide bonds. The van der Waals surface area contributed by atoms with Crippen LogP contribution in [0.25, 0.3) is 11.1 Å². The molecule has 1 aliphatic heterocycles. The highest BCUT2D eigenvalue weighted by Crippen LogP contribution is 2.58. The van der Waals surface area contributed by atoms with Gasteiger partial charge in [-0.1, -0.05) is 48.5 Å². The molecule has 3 fully saturated rings. The van der Waals surface area contributed by atoms with Crippen molar-refractivity contribution in [1.29, 1.82) is 0 Å². The number of piperidine rings is 1. The first kappa shape index (κ1) is 21.2. The van der Waals surface area contributed by atoms with Crippen LogP contribution in [0.4, 0.5) is 4.79 Å². The second-order valence-corrected chi connectivity index (χ2v) is 10.3. The van der Waals surface area contributed by atoms with Gasteiger partial charge in [-0.25, -0.2) is 4.79 Å². The second-order valence-electron chi connectivity index (χ2n) is 10.3. The number of amides is 2. The number of nitrogens with zero attached hydrogens (tertiary/aromatic N) is 1. The van der Waals surface area contributed by atoms with Gasteiger partial charge < -0.3 is 20.1 Å². The molecule has 7 nitrogen and oxygen atoms in total. The van der Waals surface area contributed by atoms with Gasteiger partial charge in [0.05, 0.1) is 5.41 Å². The molecule has 0 spiro atoms. The maximum atomic E-state index is 12.9. The van der Waals surface area contributed by atoms with E-state index in [9.17, 15) is 19.5 Å². The summed E-state index contributed by atoms with van der Waals surface area (Å²) in [4.78, 5) is 38.8. The Morgan fingerprint density at radius 1 is 1.06 bits per heavy atom. The molecule has 3 atom stereocenters. The molecule has 3 unspecified atom stereocenters. The Kier molecular flexibility index (Phi) is 4.90. The van der Waals surface area contributed by atoms with Gasteiger partial charge in [-0.05, 0) is 53.4 Å². The Labute approximate surface area is 198 Å². The third-order valence-electron chi connectivity index (χ3n) is 8.16. The summed E-state index contributed by atoms with van der Waals surface area (Å²) in [6.07, 6.45) is 2.30. The average molecular weight is 461 g/mol. The maximum absolute atomic E-state index is 12.9. The van der Waals surface area contributed by atoms with Gasteiger partial charge in [0, 0.05) is 31.5 Å². The van der Waals surface area contributed by atoms with E-state index in [1.165, 1.54) is 11.1 Å². The minimum atomic E-state index is -0.802. The molecule has 176 valence electrons. The number of carbonyl (C=O) groups is 3. The summed E-state index contributed by atoms with van der Waals surface area (Å²) in [6.45, 7) is 1.03. The molecule has 2 N–H and O–H groups in total. The van der Waals surface area contributed by atoms with Crippen molar-refractivity contribution in [3.05, 3.63) is 59.7 Å². The van der Waals surface area contributed by atoms with Gasteiger partial charge in [-0.2, -0.15) is 0 Å². The van der Waals surface area contributed by atoms with Crippen molar-refractivity contribution in [3.63, 3.8) is 0 Å². The van der Waals surface area contributed by atoms with Crippen LogP contribution < -0.4 is 5.32 Å². The Morgan fingerprint density at radius 2 is 1.71 bits per heavy atom. The number of alkyl carbamates (subject to hydrolysis) is 1. The van der Waals surface area contributed by atoms with E-state index in [1.54, 1.807) is 4.90 Å². The number of nitrogens with one attached hydrogen (secondary N) is 1. The molecule has 2 aromatic carbocycles. The lowest BCUT2D eigenvalue weighted by Gasteiger charge is -2.24. The van der Waals surface area contributed by atoms with Gasteiger partial charge >= 0.3 is 12.1 Å². The molecule has 6 rings (SSSR count). The number of carbonyl (C=O) groups excluding carboxylic acids is 2. The number of aliphatic carboxylic acids is 1. The fourth-order valence-electron chi connectivity index (χ4n) is 5.95. The van der Waals surface area contributed by atoms with E-state index in [1.807, 2.05) is 24.3 Å². The summed E-state index contributed by atoms with van der Waals surface area (Å²) < 4.78 is 5.67. The molecule has 0 radical (unpaired) electrons. The molecule has 7 heteroatoms. The number of ether oxygens (including phenoxy) is 1. The Bertz CT molecular complexity index is 1130. The third-order valence-corrected chi connectivity index (χ3v) is 8.16. The van der Waals surface area contributed by atoms with E-state index in [2.05, 4.69) is 29.6 Å². The smallest absolute Gasteiger partial charge is 0.407 e. The number of carboxylic acid groups (broad SMARTS) is 1. The van der Waals surface area contributed by atoms with Gasteiger partial charge in [0.15, 0.2) is 0 Å². The highest BCUT2D eigenvalue weighted by Gasteiger charge is 2.66. The molecule has 2 aromatic rings. The summed E-state index contributed by atoms with van der Waals surface area (Å²) >= 11 is 0. The van der Waals surface area contributed by atoms with Gasteiger partial charge in [0.1, 0.15) is 6.61 Å². The molecule has 3 aliphatic carbocycles. The highest BCUT2D eigenvalue weighted by atomic mass is 16.5. The SMILES string of the molecule is O=C(NC(CC(=O)N1CC2CC2(C(=O)O)C1)C1CC1)OCC1c2ccccc2-c2ccccc21. The fourth-order valence-corrected chi connectivity index (χ4v) is 5.95. The summed E-state index contributed by atoms with van der Waals surface area (Å²) in [6, 6.07) is 16.1. The summed E-state index contributed by atoms with van der Waals surface area (Å²) in [7, 11) is 0. The Balaban J connectivity index is 1.07. The van der Waals surface area contributed by atoms with Crippen LogP contribution in [-0.4, -0.2) is 53.7 Å². The first-order valence-corrected chi connectivity index (χ1v) is 12.1. The lowest BCUT2D eigenvalue weighted by atomic mass is 9.98. The lowest BCUT2D eigenvalue weighted by molar-refractivity contribution is -0.144. The third kappa shape index (κ3) is 3.54. The zero-order valence-electron chi connectivity index (χ0n) is 18.9. The molecule has 2 saturated carbocycles. The van der Waals surface area contributed by atoms with Gasteiger partial charge in [0.2, 0.25) is 5.91 Å². The van der Waals surface area contributed by atoms with Crippen molar-refractivity contribution in [2.45, 2.75) is 37.6 Å². The molecule has 0 bridgehead atoms. The van der Waals surface area contributed by atoms with Crippen LogP contribution in [0.2, 0.25) is 0 Å². The first-order valence-electron chi connectivity index (χ1n) is 12.1. The van der Waals surface area contributed by atoms with E-state index < -0.39 is 17.5 Å². The number of hydrogen-bond donors (Lipinski definition) is 2. The first-order chi connectivity index (χ1) is 16.5. The largest absolute Gasteiger partial charge is 0.481 e. The van der Waals surface area contributed by atoms with Crippen LogP contribution in [0.1, 0.15) is 42.7 Å². The Hall–Kier alpha value is -3.35. The van der Waals surface area contributed by atoms with E-state index in [0.717, 1.165) is 24.0 Å². The molecule has 4 aliphatic rings. The van der Waals surface area contributed by atoms with E-state index in [4.69, 9.17) is 4.74 Å². The van der Waals surface area contributed by atoms with Crippen molar-refractivity contribution in [3.8, 4) is 11.1 Å². The molecule has 1 heterocycles. The number of fused-ring (bicyclic) bond motifs is 4. The predicted molar refractivity (Wildman–Crippen MR) is 124 cm³/mol. The summed E-state index contributed by atoms with van der Waals surface area (Å²) in [5.41, 5.74) is 3.94. The standard InChI is InChI=1S/C27H28N2O5/c30-24(29-13-17-12-27(17,15-29)25(31)32)11-23(16-9-10-16)28-26(33)34-14-22-20-7-3-1-5-18(20)19-6-2-4-8-21(19)22/h1-8,16-17,22-23H,9-15H2,(H,28,33)(H,31,32).